The highest BCUT2D eigenvalue weighted by molar-refractivity contribution is 9.10. The summed E-state index contributed by atoms with van der Waals surface area (Å²) in [5, 5.41) is 2.75. The van der Waals surface area contributed by atoms with Crippen molar-refractivity contribution in [3.63, 3.8) is 0 Å². The van der Waals surface area contributed by atoms with Gasteiger partial charge in [0.15, 0.2) is 0 Å². The molecule has 134 valence electrons. The van der Waals surface area contributed by atoms with Gasteiger partial charge in [0.25, 0.3) is 0 Å². The summed E-state index contributed by atoms with van der Waals surface area (Å²) in [6, 6.07) is 5.88. The molecule has 1 fully saturated rings. The van der Waals surface area contributed by atoms with Gasteiger partial charge in [0.1, 0.15) is 0 Å². The second kappa shape index (κ2) is 12.4. The van der Waals surface area contributed by atoms with Gasteiger partial charge < -0.3 is 5.32 Å². The average molecular weight is 394 g/mol. The van der Waals surface area contributed by atoms with Crippen molar-refractivity contribution in [1.82, 2.24) is 15.3 Å². The van der Waals surface area contributed by atoms with Crippen molar-refractivity contribution in [1.29, 1.82) is 0 Å². The van der Waals surface area contributed by atoms with E-state index in [0.29, 0.717) is 0 Å². The van der Waals surface area contributed by atoms with Crippen LogP contribution in [0.15, 0.2) is 28.9 Å². The Balaban J connectivity index is 0.000000213. The Morgan fingerprint density at radius 2 is 1.79 bits per heavy atom. The number of benzene rings is 1. The van der Waals surface area contributed by atoms with Crippen LogP contribution in [0, 0.1) is 12.8 Å². The summed E-state index contributed by atoms with van der Waals surface area (Å²) in [5.74, 6) is 1.10. The first kappa shape index (κ1) is 21.0. The molecule has 4 heteroatoms. The Labute approximate surface area is 155 Å². The molecule has 3 rings (SSSR count). The summed E-state index contributed by atoms with van der Waals surface area (Å²) >= 11 is 3.39. The van der Waals surface area contributed by atoms with Gasteiger partial charge >= 0.3 is 0 Å². The van der Waals surface area contributed by atoms with Gasteiger partial charge in [0.2, 0.25) is 0 Å². The van der Waals surface area contributed by atoms with Gasteiger partial charge in [-0.05, 0) is 45.1 Å². The number of hydrogen-bond acceptors (Lipinski definition) is 3. The Bertz CT molecular complexity index is 541. The van der Waals surface area contributed by atoms with Gasteiger partial charge in [-0.15, -0.1) is 0 Å². The van der Waals surface area contributed by atoms with Gasteiger partial charge in [-0.25, -0.2) is 4.98 Å². The molecule has 1 aromatic carbocycles. The fourth-order valence-electron chi connectivity index (χ4n) is 2.96. The molecule has 1 aromatic heterocycles. The molecular weight excluding hydrogens is 362 g/mol. The molecule has 3 nitrogen and oxygen atoms in total. The standard InChI is InChI=1S/C9H7BrN2.C9H18.C2H7N/c1-6-5-11-8-3-2-7(10)4-9(8)12-6;1-2-6-9-7-4-3-5-8-9;1-3-2/h2-5H,1H3;9H,2-8H2,1H3;3H,1-2H3. The molecule has 0 atom stereocenters. The second-order valence-corrected chi connectivity index (χ2v) is 7.35. The first-order valence-electron chi connectivity index (χ1n) is 9.08. The molecule has 1 saturated carbocycles. The third kappa shape index (κ3) is 8.20. The molecule has 0 unspecified atom stereocenters. The van der Waals surface area contributed by atoms with Crippen LogP contribution >= 0.6 is 15.9 Å². The molecule has 0 amide bonds. The molecule has 0 saturated heterocycles. The van der Waals surface area contributed by atoms with Crippen molar-refractivity contribution in [2.24, 2.45) is 5.92 Å². The van der Waals surface area contributed by atoms with Crippen LogP contribution in [0.25, 0.3) is 11.0 Å². The topological polar surface area (TPSA) is 37.8 Å². The molecule has 1 aliphatic carbocycles. The lowest BCUT2D eigenvalue weighted by molar-refractivity contribution is 0.336. The Hall–Kier alpha value is -1.00. The maximum Gasteiger partial charge on any atom is 0.0901 e. The average Bonchev–Trinajstić information content (AvgIpc) is 2.57. The molecule has 0 spiro atoms. The van der Waals surface area contributed by atoms with Crippen LogP contribution in [0.1, 0.15) is 57.6 Å². The molecule has 2 aromatic rings. The highest BCUT2D eigenvalue weighted by atomic mass is 79.9. The smallest absolute Gasteiger partial charge is 0.0901 e. The Morgan fingerprint density at radius 3 is 2.42 bits per heavy atom. The van der Waals surface area contributed by atoms with Gasteiger partial charge in [0, 0.05) is 10.7 Å². The highest BCUT2D eigenvalue weighted by Crippen LogP contribution is 2.26. The Morgan fingerprint density at radius 1 is 1.12 bits per heavy atom. The van der Waals surface area contributed by atoms with E-state index in [4.69, 9.17) is 0 Å². The van der Waals surface area contributed by atoms with E-state index in [0.717, 1.165) is 27.1 Å². The third-order valence-electron chi connectivity index (χ3n) is 4.05. The molecule has 1 heterocycles. The third-order valence-corrected chi connectivity index (χ3v) is 4.54. The minimum absolute atomic E-state index is 0.934. The molecule has 0 radical (unpaired) electrons. The van der Waals surface area contributed by atoms with E-state index in [1.807, 2.05) is 39.2 Å². The minimum atomic E-state index is 0.934. The van der Waals surface area contributed by atoms with Crippen LogP contribution in [0.2, 0.25) is 0 Å². The first-order valence-corrected chi connectivity index (χ1v) is 9.87. The zero-order chi connectivity index (χ0) is 17.8. The molecule has 0 aliphatic heterocycles. The number of hydrogen-bond donors (Lipinski definition) is 1. The van der Waals surface area contributed by atoms with Crippen molar-refractivity contribution in [3.05, 3.63) is 34.6 Å². The fourth-order valence-corrected chi connectivity index (χ4v) is 3.31. The van der Waals surface area contributed by atoms with Crippen LogP contribution in [0.3, 0.4) is 0 Å². The molecule has 0 bridgehead atoms. The fraction of sp³-hybridized carbons (Fsp3) is 0.600. The SMILES string of the molecule is CCCC1CCCCC1.CNC.Cc1cnc2ccc(Br)cc2n1. The van der Waals surface area contributed by atoms with Crippen molar-refractivity contribution in [3.8, 4) is 0 Å². The van der Waals surface area contributed by atoms with E-state index in [2.05, 4.69) is 38.1 Å². The molecule has 1 aliphatic rings. The van der Waals surface area contributed by atoms with Gasteiger partial charge in [-0.1, -0.05) is 67.8 Å². The number of aromatic nitrogens is 2. The van der Waals surface area contributed by atoms with Crippen LogP contribution in [-0.4, -0.2) is 24.1 Å². The van der Waals surface area contributed by atoms with Crippen molar-refractivity contribution in [2.75, 3.05) is 14.1 Å². The van der Waals surface area contributed by atoms with E-state index in [9.17, 15) is 0 Å². The van der Waals surface area contributed by atoms with Crippen molar-refractivity contribution < 1.29 is 0 Å². The summed E-state index contributed by atoms with van der Waals surface area (Å²) in [4.78, 5) is 8.58. The summed E-state index contributed by atoms with van der Waals surface area (Å²) in [5.41, 5.74) is 2.81. The van der Waals surface area contributed by atoms with E-state index < -0.39 is 0 Å². The monoisotopic (exact) mass is 393 g/mol. The summed E-state index contributed by atoms with van der Waals surface area (Å²) < 4.78 is 1.04. The van der Waals surface area contributed by atoms with Crippen LogP contribution in [-0.2, 0) is 0 Å². The quantitative estimate of drug-likeness (QED) is 0.689. The second-order valence-electron chi connectivity index (χ2n) is 6.44. The van der Waals surface area contributed by atoms with Crippen molar-refractivity contribution >= 4 is 27.0 Å². The van der Waals surface area contributed by atoms with Crippen LogP contribution < -0.4 is 5.32 Å². The first-order chi connectivity index (χ1) is 11.6. The molecule has 1 N–H and O–H groups in total. The van der Waals surface area contributed by atoms with Gasteiger partial charge in [-0.3, -0.25) is 4.98 Å². The predicted octanol–water partition coefficient (Wildman–Crippen LogP) is 5.90. The highest BCUT2D eigenvalue weighted by Gasteiger charge is 2.11. The van der Waals surface area contributed by atoms with Gasteiger partial charge in [0.05, 0.1) is 16.7 Å². The lowest BCUT2D eigenvalue weighted by Gasteiger charge is -2.20. The number of aryl methyl sites for hydroxylation is 1. The zero-order valence-corrected chi connectivity index (χ0v) is 17.2. The van der Waals surface area contributed by atoms with Gasteiger partial charge in [-0.2, -0.15) is 0 Å². The number of nitrogens with one attached hydrogen (secondary N) is 1. The number of nitrogens with zero attached hydrogens (tertiary/aromatic N) is 2. The van der Waals surface area contributed by atoms with E-state index in [1.54, 1.807) is 6.20 Å². The van der Waals surface area contributed by atoms with E-state index >= 15 is 0 Å². The lowest BCUT2D eigenvalue weighted by atomic mass is 9.86. The predicted molar refractivity (Wildman–Crippen MR) is 108 cm³/mol. The van der Waals surface area contributed by atoms with E-state index in [1.165, 1.54) is 44.9 Å². The van der Waals surface area contributed by atoms with E-state index in [-0.39, 0.29) is 0 Å². The van der Waals surface area contributed by atoms with Crippen LogP contribution in [0.5, 0.6) is 0 Å². The lowest BCUT2D eigenvalue weighted by Crippen LogP contribution is -2.04. The molecule has 24 heavy (non-hydrogen) atoms. The number of fused-ring (bicyclic) bond motifs is 1. The zero-order valence-electron chi connectivity index (χ0n) is 15.6. The Kier molecular flexibility index (Phi) is 10.9. The minimum Gasteiger partial charge on any atom is -0.323 e. The van der Waals surface area contributed by atoms with Crippen molar-refractivity contribution in [2.45, 2.75) is 58.8 Å². The summed E-state index contributed by atoms with van der Waals surface area (Å²) in [6.07, 6.45) is 12.2. The number of rotatable bonds is 2. The number of halogens is 1. The van der Waals surface area contributed by atoms with Crippen LogP contribution in [0.4, 0.5) is 0 Å². The molecular formula is C20H32BrN3. The maximum atomic E-state index is 4.34. The normalized spacial score (nSPS) is 14.4. The summed E-state index contributed by atoms with van der Waals surface area (Å²) in [6.45, 7) is 4.24. The largest absolute Gasteiger partial charge is 0.323 e. The maximum absolute atomic E-state index is 4.34. The summed E-state index contributed by atoms with van der Waals surface area (Å²) in [7, 11) is 3.75.